The first-order valence-electron chi connectivity index (χ1n) is 4.21. The number of thiophene rings is 1. The highest BCUT2D eigenvalue weighted by Gasteiger charge is 2.16. The fraction of sp³-hybridized carbons (Fsp3) is 0.333. The maximum atomic E-state index is 11.3. The third-order valence-electron chi connectivity index (χ3n) is 1.82. The minimum absolute atomic E-state index is 0.175. The van der Waals surface area contributed by atoms with E-state index >= 15 is 0 Å². The molecule has 0 aliphatic heterocycles. The molecule has 2 amide bonds. The van der Waals surface area contributed by atoms with Crippen molar-refractivity contribution in [2.45, 2.75) is 12.5 Å². The smallest absolute Gasteiger partial charge is 0.242 e. The Morgan fingerprint density at radius 2 is 2.50 bits per heavy atom. The van der Waals surface area contributed by atoms with E-state index < -0.39 is 6.04 Å². The molecule has 0 aliphatic carbocycles. The van der Waals surface area contributed by atoms with Crippen LogP contribution in [0, 0.1) is 0 Å². The van der Waals surface area contributed by atoms with E-state index in [2.05, 4.69) is 10.6 Å². The molecule has 0 aromatic carbocycles. The second kappa shape index (κ2) is 5.39. The van der Waals surface area contributed by atoms with Gasteiger partial charge in [0.1, 0.15) is 6.04 Å². The average molecular weight is 212 g/mol. The second-order valence-electron chi connectivity index (χ2n) is 2.73. The summed E-state index contributed by atoms with van der Waals surface area (Å²) in [5.74, 6) is -0.175. The zero-order valence-electron chi connectivity index (χ0n) is 7.82. The Balaban J connectivity index is 2.59. The second-order valence-corrected chi connectivity index (χ2v) is 3.77. The minimum atomic E-state index is -0.476. The van der Waals surface area contributed by atoms with Gasteiger partial charge in [0, 0.05) is 18.3 Å². The lowest BCUT2D eigenvalue weighted by Crippen LogP contribution is -2.43. The highest BCUT2D eigenvalue weighted by molar-refractivity contribution is 7.09. The van der Waals surface area contributed by atoms with Crippen molar-refractivity contribution in [1.29, 1.82) is 0 Å². The van der Waals surface area contributed by atoms with Gasteiger partial charge in [-0.25, -0.2) is 0 Å². The summed E-state index contributed by atoms with van der Waals surface area (Å²) in [5.41, 5.74) is 0. The van der Waals surface area contributed by atoms with E-state index in [1.807, 2.05) is 17.5 Å². The van der Waals surface area contributed by atoms with Crippen LogP contribution in [0.1, 0.15) is 4.88 Å². The summed E-state index contributed by atoms with van der Waals surface area (Å²) < 4.78 is 0. The molecule has 76 valence electrons. The van der Waals surface area contributed by atoms with Gasteiger partial charge in [0.2, 0.25) is 12.3 Å². The van der Waals surface area contributed by atoms with E-state index in [0.29, 0.717) is 12.8 Å². The van der Waals surface area contributed by atoms with Crippen molar-refractivity contribution in [2.75, 3.05) is 7.05 Å². The van der Waals surface area contributed by atoms with Gasteiger partial charge in [0.25, 0.3) is 0 Å². The van der Waals surface area contributed by atoms with Gasteiger partial charge >= 0.3 is 0 Å². The summed E-state index contributed by atoms with van der Waals surface area (Å²) in [6.45, 7) is 0. The predicted octanol–water partition coefficient (Wildman–Crippen LogP) is 0.151. The molecule has 0 spiro atoms. The van der Waals surface area contributed by atoms with Crippen LogP contribution >= 0.6 is 11.3 Å². The number of carbonyl (C=O) groups excluding carboxylic acids is 2. The number of hydrogen-bond donors (Lipinski definition) is 2. The van der Waals surface area contributed by atoms with Crippen LogP contribution in [0.15, 0.2) is 17.5 Å². The van der Waals surface area contributed by atoms with Crippen molar-refractivity contribution in [1.82, 2.24) is 10.6 Å². The first-order chi connectivity index (χ1) is 6.77. The van der Waals surface area contributed by atoms with Crippen molar-refractivity contribution >= 4 is 23.7 Å². The Morgan fingerprint density at radius 1 is 1.71 bits per heavy atom. The van der Waals surface area contributed by atoms with Crippen molar-refractivity contribution in [3.05, 3.63) is 22.4 Å². The van der Waals surface area contributed by atoms with Crippen LogP contribution in [-0.4, -0.2) is 25.4 Å². The number of rotatable bonds is 5. The normalized spacial score (nSPS) is 11.8. The van der Waals surface area contributed by atoms with Gasteiger partial charge in [-0.3, -0.25) is 9.59 Å². The fourth-order valence-electron chi connectivity index (χ4n) is 1.11. The maximum Gasteiger partial charge on any atom is 0.242 e. The summed E-state index contributed by atoms with van der Waals surface area (Å²) in [6.07, 6.45) is 1.09. The Labute approximate surface area is 86.3 Å². The molecule has 1 aromatic heterocycles. The van der Waals surface area contributed by atoms with Crippen LogP contribution in [0.2, 0.25) is 0 Å². The molecule has 1 aromatic rings. The van der Waals surface area contributed by atoms with Crippen molar-refractivity contribution in [3.8, 4) is 0 Å². The fourth-order valence-corrected chi connectivity index (χ4v) is 1.87. The lowest BCUT2D eigenvalue weighted by Gasteiger charge is -2.12. The number of hydrogen-bond acceptors (Lipinski definition) is 3. The van der Waals surface area contributed by atoms with Gasteiger partial charge in [-0.05, 0) is 11.4 Å². The standard InChI is InChI=1S/C9H12N2O2S/c1-10-9(13)8(11-6-12)5-7-3-2-4-14-7/h2-4,6,8H,5H2,1H3,(H,10,13)(H,11,12)/t8-/m0/s1. The summed E-state index contributed by atoms with van der Waals surface area (Å²) in [4.78, 5) is 22.7. The molecule has 1 rings (SSSR count). The Kier molecular flexibility index (Phi) is 4.12. The van der Waals surface area contributed by atoms with Crippen LogP contribution < -0.4 is 10.6 Å². The van der Waals surface area contributed by atoms with Crippen LogP contribution in [0.4, 0.5) is 0 Å². The van der Waals surface area contributed by atoms with Crippen molar-refractivity contribution in [2.24, 2.45) is 0 Å². The van der Waals surface area contributed by atoms with Crippen LogP contribution in [0.25, 0.3) is 0 Å². The first kappa shape index (κ1) is 10.7. The van der Waals surface area contributed by atoms with Gasteiger partial charge in [0.15, 0.2) is 0 Å². The highest BCUT2D eigenvalue weighted by Crippen LogP contribution is 2.10. The molecule has 0 unspecified atom stereocenters. The molecule has 4 nitrogen and oxygen atoms in total. The molecular weight excluding hydrogens is 200 g/mol. The van der Waals surface area contributed by atoms with Crippen LogP contribution in [-0.2, 0) is 16.0 Å². The molecule has 0 saturated carbocycles. The molecule has 1 atom stereocenters. The highest BCUT2D eigenvalue weighted by atomic mass is 32.1. The quantitative estimate of drug-likeness (QED) is 0.683. The number of carbonyl (C=O) groups is 2. The monoisotopic (exact) mass is 212 g/mol. The van der Waals surface area contributed by atoms with E-state index in [-0.39, 0.29) is 5.91 Å². The SMILES string of the molecule is CNC(=O)[C@H](Cc1cccs1)NC=O. The lowest BCUT2D eigenvalue weighted by atomic mass is 10.1. The summed E-state index contributed by atoms with van der Waals surface area (Å²) in [7, 11) is 1.55. The Bertz CT molecular complexity index is 298. The topological polar surface area (TPSA) is 58.2 Å². The minimum Gasteiger partial charge on any atom is -0.357 e. The molecule has 0 fully saturated rings. The Morgan fingerprint density at radius 3 is 3.00 bits per heavy atom. The van der Waals surface area contributed by atoms with Crippen LogP contribution in [0.3, 0.4) is 0 Å². The summed E-state index contributed by atoms with van der Waals surface area (Å²) in [6, 6.07) is 3.38. The number of likely N-dealkylation sites (N-methyl/N-ethyl adjacent to an activating group) is 1. The third-order valence-corrected chi connectivity index (χ3v) is 2.72. The number of amides is 2. The van der Waals surface area contributed by atoms with Gasteiger partial charge in [-0.15, -0.1) is 11.3 Å². The maximum absolute atomic E-state index is 11.3. The summed E-state index contributed by atoms with van der Waals surface area (Å²) >= 11 is 1.57. The average Bonchev–Trinajstić information content (AvgIpc) is 2.68. The van der Waals surface area contributed by atoms with E-state index in [9.17, 15) is 9.59 Å². The largest absolute Gasteiger partial charge is 0.357 e. The van der Waals surface area contributed by atoms with E-state index in [0.717, 1.165) is 4.88 Å². The molecule has 0 radical (unpaired) electrons. The number of nitrogens with one attached hydrogen (secondary N) is 2. The molecule has 14 heavy (non-hydrogen) atoms. The zero-order chi connectivity index (χ0) is 10.4. The molecule has 0 aliphatic rings. The van der Waals surface area contributed by atoms with Gasteiger partial charge < -0.3 is 10.6 Å². The zero-order valence-corrected chi connectivity index (χ0v) is 8.64. The lowest BCUT2D eigenvalue weighted by molar-refractivity contribution is -0.124. The van der Waals surface area contributed by atoms with E-state index in [1.165, 1.54) is 0 Å². The molecule has 1 heterocycles. The van der Waals surface area contributed by atoms with Gasteiger partial charge in [-0.2, -0.15) is 0 Å². The molecule has 0 saturated heterocycles. The Hall–Kier alpha value is -1.36. The molecule has 5 heteroatoms. The van der Waals surface area contributed by atoms with Crippen LogP contribution in [0.5, 0.6) is 0 Å². The van der Waals surface area contributed by atoms with Gasteiger partial charge in [-0.1, -0.05) is 6.07 Å². The predicted molar refractivity (Wildman–Crippen MR) is 55.1 cm³/mol. The first-order valence-corrected chi connectivity index (χ1v) is 5.09. The van der Waals surface area contributed by atoms with Gasteiger partial charge in [0.05, 0.1) is 0 Å². The molecule has 2 N–H and O–H groups in total. The molecule has 0 bridgehead atoms. The van der Waals surface area contributed by atoms with Crippen molar-refractivity contribution in [3.63, 3.8) is 0 Å². The summed E-state index contributed by atoms with van der Waals surface area (Å²) in [5, 5.41) is 6.93. The third kappa shape index (κ3) is 2.85. The van der Waals surface area contributed by atoms with E-state index in [4.69, 9.17) is 0 Å². The molecular formula is C9H12N2O2S. The van der Waals surface area contributed by atoms with E-state index in [1.54, 1.807) is 18.4 Å². The van der Waals surface area contributed by atoms with Crippen molar-refractivity contribution < 1.29 is 9.59 Å².